The minimum Gasteiger partial charge on any atom is -0.493 e. The highest BCUT2D eigenvalue weighted by Crippen LogP contribution is 2.44. The molecule has 0 bridgehead atoms. The van der Waals surface area contributed by atoms with Gasteiger partial charge < -0.3 is 29.0 Å². The summed E-state index contributed by atoms with van der Waals surface area (Å²) in [6.07, 6.45) is 1.85. The maximum Gasteiger partial charge on any atom is 0.161 e. The molecule has 0 fully saturated rings. The van der Waals surface area contributed by atoms with Gasteiger partial charge in [0.1, 0.15) is 0 Å². The number of ether oxygens (including phenoxy) is 5. The van der Waals surface area contributed by atoms with Crippen LogP contribution in [-0.2, 0) is 16.6 Å². The molecule has 0 amide bonds. The number of benzene rings is 2. The number of rotatable bonds is 10. The van der Waals surface area contributed by atoms with E-state index < -0.39 is 0 Å². The third-order valence-electron chi connectivity index (χ3n) is 5.90. The summed E-state index contributed by atoms with van der Waals surface area (Å²) < 4.78 is 28.0. The fourth-order valence-electron chi connectivity index (χ4n) is 4.09. The second kappa shape index (κ2) is 10.2. The molecule has 2 aromatic rings. The van der Waals surface area contributed by atoms with Crippen molar-refractivity contribution in [3.63, 3.8) is 0 Å². The van der Waals surface area contributed by atoms with Crippen LogP contribution in [0.5, 0.6) is 23.0 Å². The molecule has 6 nitrogen and oxygen atoms in total. The molecule has 31 heavy (non-hydrogen) atoms. The molecule has 3 rings (SSSR count). The van der Waals surface area contributed by atoms with E-state index >= 15 is 0 Å². The molecular weight excluding hydrogens is 394 g/mol. The summed E-state index contributed by atoms with van der Waals surface area (Å²) in [5, 5.41) is 3.54. The first-order valence-corrected chi connectivity index (χ1v) is 10.7. The van der Waals surface area contributed by atoms with Crippen LogP contribution in [0.3, 0.4) is 0 Å². The second-order valence-corrected chi connectivity index (χ2v) is 8.46. The van der Waals surface area contributed by atoms with Gasteiger partial charge in [-0.3, -0.25) is 0 Å². The van der Waals surface area contributed by atoms with Crippen molar-refractivity contribution in [2.24, 2.45) is 0 Å². The quantitative estimate of drug-likeness (QED) is 0.569. The molecule has 1 aliphatic rings. The Hall–Kier alpha value is -2.44. The van der Waals surface area contributed by atoms with Gasteiger partial charge in [0.25, 0.3) is 0 Å². The van der Waals surface area contributed by atoms with Crippen molar-refractivity contribution in [3.05, 3.63) is 47.0 Å². The number of hydrogen-bond acceptors (Lipinski definition) is 6. The molecule has 170 valence electrons. The summed E-state index contributed by atoms with van der Waals surface area (Å²) in [7, 11) is 6.66. The van der Waals surface area contributed by atoms with E-state index in [1.807, 2.05) is 12.1 Å². The number of hydrogen-bond donors (Lipinski definition) is 1. The molecule has 6 heteroatoms. The van der Waals surface area contributed by atoms with E-state index in [-0.39, 0.29) is 11.5 Å². The molecule has 1 heterocycles. The van der Waals surface area contributed by atoms with Crippen LogP contribution in [0.25, 0.3) is 0 Å². The zero-order chi connectivity index (χ0) is 22.4. The van der Waals surface area contributed by atoms with Crippen LogP contribution in [0.1, 0.15) is 43.1 Å². The van der Waals surface area contributed by atoms with Gasteiger partial charge in [0.15, 0.2) is 23.0 Å². The first kappa shape index (κ1) is 23.2. The number of nitrogens with one attached hydrogen (secondary N) is 1. The van der Waals surface area contributed by atoms with Crippen LogP contribution in [0.4, 0.5) is 0 Å². The first-order chi connectivity index (χ1) is 14.9. The Morgan fingerprint density at radius 2 is 1.52 bits per heavy atom. The Kier molecular flexibility index (Phi) is 7.68. The van der Waals surface area contributed by atoms with Crippen LogP contribution < -0.4 is 24.3 Å². The summed E-state index contributed by atoms with van der Waals surface area (Å²) in [5.41, 5.74) is 3.61. The van der Waals surface area contributed by atoms with E-state index in [1.54, 1.807) is 28.4 Å². The highest BCUT2D eigenvalue weighted by atomic mass is 16.5. The van der Waals surface area contributed by atoms with Gasteiger partial charge in [0.05, 0.1) is 41.2 Å². The van der Waals surface area contributed by atoms with Gasteiger partial charge in [0, 0.05) is 5.41 Å². The largest absolute Gasteiger partial charge is 0.493 e. The minimum absolute atomic E-state index is 0.0383. The van der Waals surface area contributed by atoms with E-state index in [0.717, 1.165) is 48.9 Å². The Morgan fingerprint density at radius 1 is 0.871 bits per heavy atom. The first-order valence-electron chi connectivity index (χ1n) is 10.7. The summed E-state index contributed by atoms with van der Waals surface area (Å²) in [6, 6.07) is 10.2. The second-order valence-electron chi connectivity index (χ2n) is 8.46. The fraction of sp³-hybridized carbons (Fsp3) is 0.520. The molecule has 0 saturated carbocycles. The molecule has 1 aliphatic heterocycles. The maximum atomic E-state index is 6.25. The lowest BCUT2D eigenvalue weighted by atomic mass is 9.78. The van der Waals surface area contributed by atoms with Crippen LogP contribution in [-0.4, -0.2) is 48.1 Å². The van der Waals surface area contributed by atoms with Crippen LogP contribution >= 0.6 is 0 Å². The third kappa shape index (κ3) is 5.25. The molecule has 0 aliphatic carbocycles. The highest BCUT2D eigenvalue weighted by Gasteiger charge is 2.34. The van der Waals surface area contributed by atoms with Gasteiger partial charge in [-0.2, -0.15) is 0 Å². The lowest BCUT2D eigenvalue weighted by Crippen LogP contribution is -2.34. The highest BCUT2D eigenvalue weighted by molar-refractivity contribution is 5.51. The standard InChI is InChI=1S/C25H35NO5/c1-25(2)16-31-20(18-14-23(29-5)24(30-6)15-19(18)25)10-12-26-11-9-17-7-8-21(27-3)22(13-17)28-4/h7-8,13-15,20,26H,9-12,16H2,1-6H3. The average molecular weight is 430 g/mol. The molecule has 0 radical (unpaired) electrons. The summed E-state index contributed by atoms with van der Waals surface area (Å²) in [4.78, 5) is 0. The lowest BCUT2D eigenvalue weighted by molar-refractivity contribution is 0.00208. The van der Waals surface area contributed by atoms with Gasteiger partial charge in [-0.05, 0) is 66.9 Å². The van der Waals surface area contributed by atoms with E-state index in [4.69, 9.17) is 23.7 Å². The molecule has 0 spiro atoms. The number of fused-ring (bicyclic) bond motifs is 1. The van der Waals surface area contributed by atoms with E-state index in [0.29, 0.717) is 6.61 Å². The minimum atomic E-state index is -0.0633. The summed E-state index contributed by atoms with van der Waals surface area (Å²) in [5.74, 6) is 3.03. The fourth-order valence-corrected chi connectivity index (χ4v) is 4.09. The lowest BCUT2D eigenvalue weighted by Gasteiger charge is -2.38. The van der Waals surface area contributed by atoms with Crippen molar-refractivity contribution < 1.29 is 23.7 Å². The van der Waals surface area contributed by atoms with Gasteiger partial charge in [-0.15, -0.1) is 0 Å². The smallest absolute Gasteiger partial charge is 0.161 e. The van der Waals surface area contributed by atoms with Crippen molar-refractivity contribution in [1.82, 2.24) is 5.32 Å². The molecular formula is C25H35NO5. The topological polar surface area (TPSA) is 58.2 Å². The van der Waals surface area contributed by atoms with Gasteiger partial charge in [-0.25, -0.2) is 0 Å². The van der Waals surface area contributed by atoms with Crippen LogP contribution in [0.15, 0.2) is 30.3 Å². The zero-order valence-corrected chi connectivity index (χ0v) is 19.5. The molecule has 0 saturated heterocycles. The van der Waals surface area contributed by atoms with Crippen molar-refractivity contribution in [1.29, 1.82) is 0 Å². The van der Waals surface area contributed by atoms with Crippen molar-refractivity contribution in [2.75, 3.05) is 48.1 Å². The van der Waals surface area contributed by atoms with E-state index in [1.165, 1.54) is 16.7 Å². The number of methoxy groups -OCH3 is 4. The van der Waals surface area contributed by atoms with Crippen LogP contribution in [0.2, 0.25) is 0 Å². The third-order valence-corrected chi connectivity index (χ3v) is 5.90. The molecule has 2 aromatic carbocycles. The summed E-state index contributed by atoms with van der Waals surface area (Å²) in [6.45, 7) is 6.84. The predicted molar refractivity (Wildman–Crippen MR) is 122 cm³/mol. The Bertz CT molecular complexity index is 880. The SMILES string of the molecule is COc1ccc(CCNCCC2OCC(C)(C)c3cc(OC)c(OC)cc32)cc1OC. The van der Waals surface area contributed by atoms with Gasteiger partial charge in [-0.1, -0.05) is 19.9 Å². The zero-order valence-electron chi connectivity index (χ0n) is 19.5. The molecule has 0 aromatic heterocycles. The van der Waals surface area contributed by atoms with Gasteiger partial charge in [0.2, 0.25) is 0 Å². The Morgan fingerprint density at radius 3 is 2.19 bits per heavy atom. The van der Waals surface area contributed by atoms with E-state index in [9.17, 15) is 0 Å². The maximum absolute atomic E-state index is 6.25. The summed E-state index contributed by atoms with van der Waals surface area (Å²) >= 11 is 0. The van der Waals surface area contributed by atoms with Crippen LogP contribution in [0, 0.1) is 0 Å². The Labute approximate surface area is 185 Å². The monoisotopic (exact) mass is 429 g/mol. The van der Waals surface area contributed by atoms with E-state index in [2.05, 4.69) is 37.4 Å². The van der Waals surface area contributed by atoms with Crippen molar-refractivity contribution in [3.8, 4) is 23.0 Å². The predicted octanol–water partition coefficient (Wildman–Crippen LogP) is 4.29. The normalized spacial score (nSPS) is 17.0. The van der Waals surface area contributed by atoms with Gasteiger partial charge >= 0.3 is 0 Å². The average Bonchev–Trinajstić information content (AvgIpc) is 2.79. The molecule has 1 unspecified atom stereocenters. The molecule has 1 N–H and O–H groups in total. The van der Waals surface area contributed by atoms with Crippen molar-refractivity contribution in [2.45, 2.75) is 38.2 Å². The Balaban J connectivity index is 1.59. The van der Waals surface area contributed by atoms with Crippen molar-refractivity contribution >= 4 is 0 Å². The molecule has 1 atom stereocenters.